The smallest absolute Gasteiger partial charge is 0.243 e. The molecule has 26 heavy (non-hydrogen) atoms. The summed E-state index contributed by atoms with van der Waals surface area (Å²) in [4.78, 5) is 11.4. The third-order valence-corrected chi connectivity index (χ3v) is 8.40. The Bertz CT molecular complexity index is 992. The van der Waals surface area contributed by atoms with Crippen molar-refractivity contribution in [2.75, 3.05) is 13.1 Å². The number of benzene rings is 1. The molecular formula is C17H19NO6S2. The number of furan rings is 1. The molecule has 0 unspecified atom stereocenters. The van der Waals surface area contributed by atoms with Crippen LogP contribution in [0.15, 0.2) is 52.0 Å². The normalized spacial score (nSPS) is 18.9. The molecule has 2 heterocycles. The van der Waals surface area contributed by atoms with Gasteiger partial charge in [0.2, 0.25) is 10.0 Å². The van der Waals surface area contributed by atoms with E-state index in [2.05, 4.69) is 0 Å². The number of sulfone groups is 1. The largest absolute Gasteiger partial charge is 0.468 e. The zero-order valence-corrected chi connectivity index (χ0v) is 15.8. The minimum atomic E-state index is -3.80. The maximum Gasteiger partial charge on any atom is 0.243 e. The van der Waals surface area contributed by atoms with Crippen molar-refractivity contribution in [3.8, 4) is 0 Å². The van der Waals surface area contributed by atoms with E-state index < -0.39 is 25.1 Å². The van der Waals surface area contributed by atoms with Gasteiger partial charge in [-0.25, -0.2) is 16.8 Å². The minimum Gasteiger partial charge on any atom is -0.468 e. The molecule has 3 rings (SSSR count). The Kier molecular flexibility index (Phi) is 5.05. The SMILES string of the molecule is CC(=O)c1ccc(S(=O)(=O)N2CC[C@@H](S(=O)(=O)Cc3ccco3)C2)cc1. The molecule has 0 spiro atoms. The lowest BCUT2D eigenvalue weighted by atomic mass is 10.2. The molecule has 1 aromatic carbocycles. The number of carbonyl (C=O) groups excluding carboxylic acids is 1. The fourth-order valence-corrected chi connectivity index (χ4v) is 6.19. The number of ketones is 1. The summed E-state index contributed by atoms with van der Waals surface area (Å²) < 4.78 is 56.8. The first kappa shape index (κ1) is 18.8. The monoisotopic (exact) mass is 397 g/mol. The van der Waals surface area contributed by atoms with Crippen molar-refractivity contribution in [1.29, 1.82) is 0 Å². The fourth-order valence-electron chi connectivity index (χ4n) is 2.93. The van der Waals surface area contributed by atoms with Crippen molar-refractivity contribution >= 4 is 25.6 Å². The average molecular weight is 397 g/mol. The molecule has 1 aromatic heterocycles. The maximum atomic E-state index is 12.7. The van der Waals surface area contributed by atoms with Crippen LogP contribution in [0, 0.1) is 0 Å². The molecule has 0 bridgehead atoms. The fraction of sp³-hybridized carbons (Fsp3) is 0.353. The Morgan fingerprint density at radius 2 is 1.85 bits per heavy atom. The first-order valence-electron chi connectivity index (χ1n) is 8.05. The predicted molar refractivity (Wildman–Crippen MR) is 94.9 cm³/mol. The molecule has 0 radical (unpaired) electrons. The number of sulfonamides is 1. The van der Waals surface area contributed by atoms with Gasteiger partial charge in [0.25, 0.3) is 0 Å². The van der Waals surface area contributed by atoms with Gasteiger partial charge in [0.05, 0.1) is 16.4 Å². The van der Waals surface area contributed by atoms with E-state index in [1.165, 1.54) is 41.8 Å². The van der Waals surface area contributed by atoms with Crippen molar-refractivity contribution in [2.45, 2.75) is 29.2 Å². The van der Waals surface area contributed by atoms with Crippen LogP contribution in [0.5, 0.6) is 0 Å². The molecule has 1 atom stereocenters. The van der Waals surface area contributed by atoms with Crippen LogP contribution < -0.4 is 0 Å². The molecule has 1 saturated heterocycles. The van der Waals surface area contributed by atoms with Gasteiger partial charge >= 0.3 is 0 Å². The second kappa shape index (κ2) is 6.98. The zero-order chi connectivity index (χ0) is 18.9. The predicted octanol–water partition coefficient (Wildman–Crippen LogP) is 1.86. The molecule has 140 valence electrons. The number of nitrogens with zero attached hydrogens (tertiary/aromatic N) is 1. The Hall–Kier alpha value is -1.97. The Labute approximate surface area is 152 Å². The van der Waals surface area contributed by atoms with Gasteiger partial charge < -0.3 is 4.42 Å². The third-order valence-electron chi connectivity index (χ3n) is 4.44. The van der Waals surface area contributed by atoms with E-state index in [0.717, 1.165) is 0 Å². The van der Waals surface area contributed by atoms with Crippen molar-refractivity contribution in [3.05, 3.63) is 54.0 Å². The Balaban J connectivity index is 1.75. The van der Waals surface area contributed by atoms with Gasteiger partial charge in [0, 0.05) is 18.7 Å². The van der Waals surface area contributed by atoms with Crippen LogP contribution in [0.1, 0.15) is 29.5 Å². The minimum absolute atomic E-state index is 0.0478. The lowest BCUT2D eigenvalue weighted by Gasteiger charge is -2.17. The topological polar surface area (TPSA) is 102 Å². The van der Waals surface area contributed by atoms with E-state index in [0.29, 0.717) is 11.3 Å². The van der Waals surface area contributed by atoms with Gasteiger partial charge in [-0.3, -0.25) is 4.79 Å². The average Bonchev–Trinajstić information content (AvgIpc) is 3.26. The van der Waals surface area contributed by atoms with Gasteiger partial charge in [-0.2, -0.15) is 4.31 Å². The second-order valence-corrected chi connectivity index (χ2v) is 10.5. The van der Waals surface area contributed by atoms with E-state index in [1.54, 1.807) is 12.1 Å². The first-order valence-corrected chi connectivity index (χ1v) is 11.2. The van der Waals surface area contributed by atoms with Crippen LogP contribution in [0.3, 0.4) is 0 Å². The number of Topliss-reactive ketones (excluding diaryl/α,β-unsaturated/α-hetero) is 1. The number of carbonyl (C=O) groups is 1. The summed E-state index contributed by atoms with van der Waals surface area (Å²) in [6.45, 7) is 1.46. The highest BCUT2D eigenvalue weighted by Gasteiger charge is 2.39. The maximum absolute atomic E-state index is 12.7. The van der Waals surface area contributed by atoms with Crippen molar-refractivity contribution < 1.29 is 26.0 Å². The third kappa shape index (κ3) is 3.74. The highest BCUT2D eigenvalue weighted by molar-refractivity contribution is 7.91. The summed E-state index contributed by atoms with van der Waals surface area (Å²) in [5, 5.41) is -0.765. The van der Waals surface area contributed by atoms with Crippen LogP contribution in [-0.2, 0) is 25.6 Å². The number of hydrogen-bond donors (Lipinski definition) is 0. The molecule has 1 aliphatic heterocycles. The molecular weight excluding hydrogens is 378 g/mol. The summed E-state index contributed by atoms with van der Waals surface area (Å²) in [6.07, 6.45) is 1.65. The molecule has 1 fully saturated rings. The Morgan fingerprint density at radius 3 is 2.42 bits per heavy atom. The molecule has 9 heteroatoms. The molecule has 1 aliphatic rings. The summed E-state index contributed by atoms with van der Waals surface area (Å²) in [5.74, 6) is -0.0587. The van der Waals surface area contributed by atoms with Crippen molar-refractivity contribution in [1.82, 2.24) is 4.31 Å². The standard InChI is InChI=1S/C17H19NO6S2/c1-13(19)14-4-6-16(7-5-14)26(22,23)18-9-8-17(11-18)25(20,21)12-15-3-2-10-24-15/h2-7,10,17H,8-9,11-12H2,1H3/t17-/m1/s1. The molecule has 0 amide bonds. The van der Waals surface area contributed by atoms with Crippen molar-refractivity contribution in [2.24, 2.45) is 0 Å². The zero-order valence-electron chi connectivity index (χ0n) is 14.2. The summed E-state index contributed by atoms with van der Waals surface area (Å²) in [5.41, 5.74) is 0.421. The number of hydrogen-bond acceptors (Lipinski definition) is 6. The molecule has 2 aromatic rings. The molecule has 7 nitrogen and oxygen atoms in total. The van der Waals surface area contributed by atoms with Crippen LogP contribution in [0.25, 0.3) is 0 Å². The van der Waals surface area contributed by atoms with Gasteiger partial charge in [0.1, 0.15) is 11.5 Å². The molecule has 0 saturated carbocycles. The summed E-state index contributed by atoms with van der Waals surface area (Å²) >= 11 is 0. The lowest BCUT2D eigenvalue weighted by Crippen LogP contribution is -2.32. The van der Waals surface area contributed by atoms with E-state index in [-0.39, 0.29) is 35.9 Å². The van der Waals surface area contributed by atoms with Crippen LogP contribution in [0.2, 0.25) is 0 Å². The quantitative estimate of drug-likeness (QED) is 0.690. The van der Waals surface area contributed by atoms with Gasteiger partial charge in [-0.15, -0.1) is 0 Å². The van der Waals surface area contributed by atoms with E-state index in [9.17, 15) is 21.6 Å². The van der Waals surface area contributed by atoms with E-state index in [1.807, 2.05) is 0 Å². The van der Waals surface area contributed by atoms with Crippen molar-refractivity contribution in [3.63, 3.8) is 0 Å². The van der Waals surface area contributed by atoms with E-state index >= 15 is 0 Å². The van der Waals surface area contributed by atoms with E-state index in [4.69, 9.17) is 4.42 Å². The highest BCUT2D eigenvalue weighted by Crippen LogP contribution is 2.26. The first-order chi connectivity index (χ1) is 12.2. The molecule has 0 N–H and O–H groups in total. The van der Waals surface area contributed by atoms with Gasteiger partial charge in [0.15, 0.2) is 15.6 Å². The van der Waals surface area contributed by atoms with Crippen LogP contribution >= 0.6 is 0 Å². The summed E-state index contributed by atoms with van der Waals surface area (Å²) in [6, 6.07) is 8.85. The number of rotatable bonds is 6. The summed E-state index contributed by atoms with van der Waals surface area (Å²) in [7, 11) is -7.32. The molecule has 0 aliphatic carbocycles. The van der Waals surface area contributed by atoms with Crippen LogP contribution in [0.4, 0.5) is 0 Å². The Morgan fingerprint density at radius 1 is 1.15 bits per heavy atom. The second-order valence-electron chi connectivity index (χ2n) is 6.24. The van der Waals surface area contributed by atoms with Gasteiger partial charge in [-0.1, -0.05) is 12.1 Å². The van der Waals surface area contributed by atoms with Crippen LogP contribution in [-0.4, -0.2) is 45.3 Å². The highest BCUT2D eigenvalue weighted by atomic mass is 32.2. The van der Waals surface area contributed by atoms with Gasteiger partial charge in [-0.05, 0) is 37.6 Å². The lowest BCUT2D eigenvalue weighted by molar-refractivity contribution is 0.101.